The van der Waals surface area contributed by atoms with Gasteiger partial charge in [-0.05, 0) is 45.0 Å². The molecule has 0 atom stereocenters. The van der Waals surface area contributed by atoms with Gasteiger partial charge < -0.3 is 15.0 Å². The highest BCUT2D eigenvalue weighted by Crippen LogP contribution is 2.21. The number of aryl methyl sites for hydroxylation is 1. The summed E-state index contributed by atoms with van der Waals surface area (Å²) >= 11 is 0. The number of nitrogens with one attached hydrogen (secondary N) is 1. The van der Waals surface area contributed by atoms with E-state index in [0.29, 0.717) is 0 Å². The van der Waals surface area contributed by atoms with Crippen LogP contribution in [0.5, 0.6) is 5.75 Å². The first-order chi connectivity index (χ1) is 10.2. The van der Waals surface area contributed by atoms with Crippen LogP contribution in [0, 0.1) is 6.92 Å². The highest BCUT2D eigenvalue weighted by Gasteiger charge is 2.07. The minimum atomic E-state index is 0.760. The highest BCUT2D eigenvalue weighted by atomic mass is 16.5. The van der Waals surface area contributed by atoms with Crippen molar-refractivity contribution in [1.82, 2.24) is 9.97 Å². The fraction of sp³-hybridized carbons (Fsp3) is 0.375. The first kappa shape index (κ1) is 15.1. The molecule has 0 bridgehead atoms. The second-order valence-electron chi connectivity index (χ2n) is 4.68. The average molecular weight is 286 g/mol. The molecule has 112 valence electrons. The number of benzene rings is 1. The summed E-state index contributed by atoms with van der Waals surface area (Å²) in [6.45, 7) is 8.01. The third-order valence-corrected chi connectivity index (χ3v) is 3.27. The Morgan fingerprint density at radius 3 is 2.33 bits per heavy atom. The lowest BCUT2D eigenvalue weighted by atomic mass is 10.3. The number of rotatable bonds is 6. The van der Waals surface area contributed by atoms with Gasteiger partial charge in [0, 0.05) is 24.8 Å². The van der Waals surface area contributed by atoms with Crippen LogP contribution in [0.15, 0.2) is 30.3 Å². The van der Waals surface area contributed by atoms with Crippen molar-refractivity contribution in [2.45, 2.75) is 20.8 Å². The highest BCUT2D eigenvalue weighted by molar-refractivity contribution is 5.60. The number of methoxy groups -OCH3 is 1. The number of hydrogen-bond donors (Lipinski definition) is 1. The maximum atomic E-state index is 5.16. The predicted octanol–water partition coefficient (Wildman–Crippen LogP) is 3.38. The molecule has 1 aromatic heterocycles. The Labute approximate surface area is 126 Å². The molecular formula is C16H22N4O. The molecule has 5 nitrogen and oxygen atoms in total. The Morgan fingerprint density at radius 2 is 1.76 bits per heavy atom. The molecule has 0 aliphatic heterocycles. The molecule has 0 amide bonds. The number of hydrogen-bond acceptors (Lipinski definition) is 5. The van der Waals surface area contributed by atoms with E-state index in [0.717, 1.165) is 42.0 Å². The Hall–Kier alpha value is -2.30. The van der Waals surface area contributed by atoms with E-state index in [-0.39, 0.29) is 0 Å². The van der Waals surface area contributed by atoms with E-state index in [1.165, 1.54) is 0 Å². The molecule has 1 aromatic carbocycles. The molecule has 0 unspecified atom stereocenters. The topological polar surface area (TPSA) is 50.3 Å². The van der Waals surface area contributed by atoms with Crippen molar-refractivity contribution in [2.75, 3.05) is 30.4 Å². The molecule has 21 heavy (non-hydrogen) atoms. The molecule has 0 fully saturated rings. The first-order valence-electron chi connectivity index (χ1n) is 7.18. The average Bonchev–Trinajstić information content (AvgIpc) is 2.49. The van der Waals surface area contributed by atoms with Gasteiger partial charge in [0.25, 0.3) is 0 Å². The van der Waals surface area contributed by atoms with Crippen LogP contribution in [-0.2, 0) is 0 Å². The lowest BCUT2D eigenvalue weighted by Crippen LogP contribution is -2.23. The van der Waals surface area contributed by atoms with E-state index in [4.69, 9.17) is 4.74 Å². The Bertz CT molecular complexity index is 579. The zero-order valence-electron chi connectivity index (χ0n) is 13.1. The third-order valence-electron chi connectivity index (χ3n) is 3.27. The lowest BCUT2D eigenvalue weighted by Gasteiger charge is -2.20. The zero-order chi connectivity index (χ0) is 15.2. The molecule has 1 N–H and O–H groups in total. The van der Waals surface area contributed by atoms with Crippen LogP contribution in [0.4, 0.5) is 17.3 Å². The van der Waals surface area contributed by atoms with Gasteiger partial charge in [-0.15, -0.1) is 0 Å². The summed E-state index contributed by atoms with van der Waals surface area (Å²) < 4.78 is 5.16. The van der Waals surface area contributed by atoms with E-state index in [1.807, 2.05) is 37.3 Å². The van der Waals surface area contributed by atoms with Crippen molar-refractivity contribution in [3.63, 3.8) is 0 Å². The molecule has 0 saturated heterocycles. The lowest BCUT2D eigenvalue weighted by molar-refractivity contribution is 0.415. The van der Waals surface area contributed by atoms with Crippen LogP contribution in [-0.4, -0.2) is 30.2 Å². The van der Waals surface area contributed by atoms with Crippen molar-refractivity contribution < 1.29 is 4.74 Å². The van der Waals surface area contributed by atoms with Gasteiger partial charge in [-0.25, -0.2) is 9.97 Å². The zero-order valence-corrected chi connectivity index (χ0v) is 13.1. The fourth-order valence-corrected chi connectivity index (χ4v) is 2.15. The van der Waals surface area contributed by atoms with Crippen LogP contribution in [0.1, 0.15) is 19.7 Å². The molecule has 0 aliphatic rings. The van der Waals surface area contributed by atoms with E-state index >= 15 is 0 Å². The third kappa shape index (κ3) is 3.84. The molecule has 0 radical (unpaired) electrons. The summed E-state index contributed by atoms with van der Waals surface area (Å²) in [6.07, 6.45) is 0. The van der Waals surface area contributed by atoms with Crippen molar-refractivity contribution in [3.8, 4) is 5.75 Å². The summed E-state index contributed by atoms with van der Waals surface area (Å²) in [5.41, 5.74) is 0.972. The van der Waals surface area contributed by atoms with Gasteiger partial charge in [0.1, 0.15) is 23.2 Å². The molecule has 2 rings (SSSR count). The molecule has 1 heterocycles. The maximum absolute atomic E-state index is 5.16. The SMILES string of the molecule is CCN(CC)c1cc(Nc2ccc(OC)cc2)nc(C)n1. The van der Waals surface area contributed by atoms with Gasteiger partial charge in [0.05, 0.1) is 7.11 Å². The van der Waals surface area contributed by atoms with Gasteiger partial charge in [-0.2, -0.15) is 0 Å². The van der Waals surface area contributed by atoms with E-state index in [1.54, 1.807) is 7.11 Å². The van der Waals surface area contributed by atoms with Crippen LogP contribution < -0.4 is 15.0 Å². The Morgan fingerprint density at radius 1 is 1.10 bits per heavy atom. The molecule has 5 heteroatoms. The van der Waals surface area contributed by atoms with Gasteiger partial charge in [0.2, 0.25) is 0 Å². The quantitative estimate of drug-likeness (QED) is 0.882. The number of aromatic nitrogens is 2. The summed E-state index contributed by atoms with van der Waals surface area (Å²) in [5, 5.41) is 3.31. The number of nitrogens with zero attached hydrogens (tertiary/aromatic N) is 3. The fourth-order valence-electron chi connectivity index (χ4n) is 2.15. The summed E-state index contributed by atoms with van der Waals surface area (Å²) in [6, 6.07) is 9.74. The number of ether oxygens (including phenoxy) is 1. The monoisotopic (exact) mass is 286 g/mol. The summed E-state index contributed by atoms with van der Waals surface area (Å²) in [5.74, 6) is 3.34. The molecular weight excluding hydrogens is 264 g/mol. The normalized spacial score (nSPS) is 10.3. The van der Waals surface area contributed by atoms with Crippen LogP contribution >= 0.6 is 0 Å². The van der Waals surface area contributed by atoms with Crippen molar-refractivity contribution in [1.29, 1.82) is 0 Å². The molecule has 2 aromatic rings. The standard InChI is InChI=1S/C16H22N4O/c1-5-20(6-2)16-11-15(17-12(3)18-16)19-13-7-9-14(21-4)10-8-13/h7-11H,5-6H2,1-4H3,(H,17,18,19). The maximum Gasteiger partial charge on any atom is 0.136 e. The van der Waals surface area contributed by atoms with Gasteiger partial charge in [0.15, 0.2) is 0 Å². The summed E-state index contributed by atoms with van der Waals surface area (Å²) in [4.78, 5) is 11.1. The van der Waals surface area contributed by atoms with E-state index in [9.17, 15) is 0 Å². The summed E-state index contributed by atoms with van der Waals surface area (Å²) in [7, 11) is 1.66. The van der Waals surface area contributed by atoms with Crippen molar-refractivity contribution in [2.24, 2.45) is 0 Å². The minimum Gasteiger partial charge on any atom is -0.497 e. The van der Waals surface area contributed by atoms with Crippen LogP contribution in [0.25, 0.3) is 0 Å². The molecule has 0 saturated carbocycles. The van der Waals surface area contributed by atoms with Gasteiger partial charge in [-0.3, -0.25) is 0 Å². The van der Waals surface area contributed by atoms with Crippen LogP contribution in [0.2, 0.25) is 0 Å². The smallest absolute Gasteiger partial charge is 0.136 e. The number of anilines is 3. The Balaban J connectivity index is 2.22. The Kier molecular flexibility index (Phi) is 4.98. The minimum absolute atomic E-state index is 0.760. The predicted molar refractivity (Wildman–Crippen MR) is 86.6 cm³/mol. The van der Waals surface area contributed by atoms with Gasteiger partial charge in [-0.1, -0.05) is 0 Å². The van der Waals surface area contributed by atoms with Crippen molar-refractivity contribution >= 4 is 17.3 Å². The first-order valence-corrected chi connectivity index (χ1v) is 7.18. The van der Waals surface area contributed by atoms with Crippen LogP contribution in [0.3, 0.4) is 0 Å². The largest absolute Gasteiger partial charge is 0.497 e. The molecule has 0 spiro atoms. The second kappa shape index (κ2) is 6.92. The van der Waals surface area contributed by atoms with E-state index < -0.39 is 0 Å². The van der Waals surface area contributed by atoms with E-state index in [2.05, 4.69) is 34.0 Å². The van der Waals surface area contributed by atoms with Gasteiger partial charge >= 0.3 is 0 Å². The molecule has 0 aliphatic carbocycles. The second-order valence-corrected chi connectivity index (χ2v) is 4.68. The van der Waals surface area contributed by atoms with Crippen molar-refractivity contribution in [3.05, 3.63) is 36.2 Å².